The van der Waals surface area contributed by atoms with Crippen LogP contribution in [0.2, 0.25) is 0 Å². The smallest absolute Gasteiger partial charge is 0.293 e. The maximum atomic E-state index is 12.9. The van der Waals surface area contributed by atoms with Gasteiger partial charge >= 0.3 is 0 Å². The second-order valence-corrected chi connectivity index (χ2v) is 6.52. The summed E-state index contributed by atoms with van der Waals surface area (Å²) < 4.78 is 5.23. The minimum Gasteiger partial charge on any atom is -0.350 e. The topological polar surface area (TPSA) is 92.5 Å². The normalized spacial score (nSPS) is 19.8. The average Bonchev–Trinajstić information content (AvgIpc) is 3.19. The van der Waals surface area contributed by atoms with Gasteiger partial charge < -0.3 is 9.42 Å². The molecule has 2 aliphatic rings. The van der Waals surface area contributed by atoms with E-state index in [9.17, 15) is 14.4 Å². The Hall–Kier alpha value is -2.96. The number of aryl methyl sites for hydroxylation is 1. The molecule has 1 atom stereocenters. The third kappa shape index (κ3) is 2.93. The lowest BCUT2D eigenvalue weighted by Crippen LogP contribution is -2.45. The number of rotatable bonds is 4. The van der Waals surface area contributed by atoms with Crippen LogP contribution in [0.25, 0.3) is 11.3 Å². The van der Waals surface area contributed by atoms with Crippen molar-refractivity contribution < 1.29 is 18.9 Å². The molecule has 3 amide bonds. The highest BCUT2D eigenvalue weighted by Gasteiger charge is 2.45. The molecule has 4 rings (SSSR count). The standard InChI is InChI=1S/C18H17N3O4/c1-10-2-4-11(5-3-10)13-8-15(25-20-13)18(24)21(12-6-7-12)14-9-16(22)19-17(14)23/h2-5,8,12,14H,6-7,9H2,1H3,(H,19,22,23)/t14-/m0/s1. The molecule has 128 valence electrons. The number of aromatic nitrogens is 1. The fourth-order valence-corrected chi connectivity index (χ4v) is 3.04. The van der Waals surface area contributed by atoms with Crippen LogP contribution in [-0.4, -0.2) is 39.9 Å². The summed E-state index contributed by atoms with van der Waals surface area (Å²) in [4.78, 5) is 37.8. The second kappa shape index (κ2) is 5.84. The van der Waals surface area contributed by atoms with Crippen LogP contribution >= 0.6 is 0 Å². The van der Waals surface area contributed by atoms with Gasteiger partial charge in [0, 0.05) is 17.7 Å². The van der Waals surface area contributed by atoms with E-state index < -0.39 is 17.9 Å². The number of imide groups is 1. The van der Waals surface area contributed by atoms with Crippen LogP contribution in [0.3, 0.4) is 0 Å². The van der Waals surface area contributed by atoms with Gasteiger partial charge in [0.15, 0.2) is 0 Å². The van der Waals surface area contributed by atoms with Crippen molar-refractivity contribution in [3.8, 4) is 11.3 Å². The van der Waals surface area contributed by atoms with E-state index in [-0.39, 0.29) is 24.1 Å². The average molecular weight is 339 g/mol. The molecule has 1 saturated carbocycles. The SMILES string of the molecule is Cc1ccc(-c2cc(C(=O)N(C3CC3)[C@H]3CC(=O)NC3=O)on2)cc1. The van der Waals surface area contributed by atoms with Gasteiger partial charge in [-0.05, 0) is 19.8 Å². The number of carbonyl (C=O) groups is 3. The summed E-state index contributed by atoms with van der Waals surface area (Å²) in [5.41, 5.74) is 2.53. The largest absolute Gasteiger partial charge is 0.350 e. The first-order valence-electron chi connectivity index (χ1n) is 8.23. The molecule has 0 spiro atoms. The Morgan fingerprint density at radius 1 is 1.24 bits per heavy atom. The second-order valence-electron chi connectivity index (χ2n) is 6.52. The number of benzene rings is 1. The first-order chi connectivity index (χ1) is 12.0. The first kappa shape index (κ1) is 15.6. The van der Waals surface area contributed by atoms with Crippen LogP contribution in [0.1, 0.15) is 35.4 Å². The number of carbonyl (C=O) groups excluding carboxylic acids is 3. The van der Waals surface area contributed by atoms with Gasteiger partial charge in [-0.25, -0.2) is 0 Å². The highest BCUT2D eigenvalue weighted by molar-refractivity contribution is 6.08. The van der Waals surface area contributed by atoms with Gasteiger partial charge in [-0.15, -0.1) is 0 Å². The lowest BCUT2D eigenvalue weighted by molar-refractivity contribution is -0.126. The number of hydrogen-bond acceptors (Lipinski definition) is 5. The number of nitrogens with one attached hydrogen (secondary N) is 1. The number of amides is 3. The van der Waals surface area contributed by atoms with Crippen LogP contribution in [0.4, 0.5) is 0 Å². The molecule has 7 heteroatoms. The molecular formula is C18H17N3O4. The number of hydrogen-bond donors (Lipinski definition) is 1. The van der Waals surface area contributed by atoms with Crippen molar-refractivity contribution in [3.63, 3.8) is 0 Å². The molecule has 2 fully saturated rings. The fraction of sp³-hybridized carbons (Fsp3) is 0.333. The maximum absolute atomic E-state index is 12.9. The van der Waals surface area contributed by atoms with E-state index >= 15 is 0 Å². The molecule has 1 aliphatic heterocycles. The molecule has 1 N–H and O–H groups in total. The van der Waals surface area contributed by atoms with Gasteiger partial charge in [-0.2, -0.15) is 0 Å². The van der Waals surface area contributed by atoms with Crippen molar-refractivity contribution in [1.82, 2.24) is 15.4 Å². The van der Waals surface area contributed by atoms with Gasteiger partial charge in [-0.3, -0.25) is 19.7 Å². The van der Waals surface area contributed by atoms with E-state index in [4.69, 9.17) is 4.52 Å². The van der Waals surface area contributed by atoms with Crippen molar-refractivity contribution in [3.05, 3.63) is 41.7 Å². The summed E-state index contributed by atoms with van der Waals surface area (Å²) >= 11 is 0. The summed E-state index contributed by atoms with van der Waals surface area (Å²) in [6.07, 6.45) is 1.64. The zero-order chi connectivity index (χ0) is 17.6. The molecule has 0 radical (unpaired) electrons. The summed E-state index contributed by atoms with van der Waals surface area (Å²) in [5.74, 6) is -1.10. The quantitative estimate of drug-likeness (QED) is 0.856. The zero-order valence-electron chi connectivity index (χ0n) is 13.7. The number of nitrogens with zero attached hydrogens (tertiary/aromatic N) is 2. The third-order valence-electron chi connectivity index (χ3n) is 4.52. The molecule has 0 bridgehead atoms. The minimum atomic E-state index is -0.763. The molecule has 1 aromatic heterocycles. The Morgan fingerprint density at radius 3 is 2.56 bits per heavy atom. The lowest BCUT2D eigenvalue weighted by Gasteiger charge is -2.25. The van der Waals surface area contributed by atoms with Gasteiger partial charge in [-0.1, -0.05) is 35.0 Å². The molecule has 7 nitrogen and oxygen atoms in total. The van der Waals surface area contributed by atoms with Gasteiger partial charge in [0.2, 0.25) is 17.6 Å². The Kier molecular flexibility index (Phi) is 3.63. The highest BCUT2D eigenvalue weighted by atomic mass is 16.5. The van der Waals surface area contributed by atoms with Crippen molar-refractivity contribution in [2.75, 3.05) is 0 Å². The maximum Gasteiger partial charge on any atom is 0.293 e. The predicted octanol–water partition coefficient (Wildman–Crippen LogP) is 1.67. The Balaban J connectivity index is 1.60. The molecule has 1 aliphatic carbocycles. The van der Waals surface area contributed by atoms with Crippen molar-refractivity contribution in [2.45, 2.75) is 38.3 Å². The molecule has 2 heterocycles. The van der Waals surface area contributed by atoms with Gasteiger partial charge in [0.05, 0.1) is 6.42 Å². The van der Waals surface area contributed by atoms with Gasteiger partial charge in [0.1, 0.15) is 11.7 Å². The van der Waals surface area contributed by atoms with Crippen LogP contribution in [-0.2, 0) is 9.59 Å². The lowest BCUT2D eigenvalue weighted by atomic mass is 10.1. The van der Waals surface area contributed by atoms with Gasteiger partial charge in [0.25, 0.3) is 5.91 Å². The Bertz CT molecular complexity index is 851. The summed E-state index contributed by atoms with van der Waals surface area (Å²) in [5, 5.41) is 6.22. The highest BCUT2D eigenvalue weighted by Crippen LogP contribution is 2.33. The molecule has 25 heavy (non-hydrogen) atoms. The van der Waals surface area contributed by atoms with E-state index in [1.165, 1.54) is 4.90 Å². The van der Waals surface area contributed by atoms with Crippen LogP contribution in [0.5, 0.6) is 0 Å². The first-order valence-corrected chi connectivity index (χ1v) is 8.23. The van der Waals surface area contributed by atoms with E-state index in [0.29, 0.717) is 5.69 Å². The van der Waals surface area contributed by atoms with E-state index in [1.54, 1.807) is 6.07 Å². The predicted molar refractivity (Wildman–Crippen MR) is 87.4 cm³/mol. The molecule has 1 aromatic carbocycles. The minimum absolute atomic E-state index is 0.0000295. The van der Waals surface area contributed by atoms with E-state index in [1.807, 2.05) is 31.2 Å². The van der Waals surface area contributed by atoms with Crippen LogP contribution in [0, 0.1) is 6.92 Å². The monoisotopic (exact) mass is 339 g/mol. The molecular weight excluding hydrogens is 322 g/mol. The Morgan fingerprint density at radius 2 is 1.96 bits per heavy atom. The molecule has 0 unspecified atom stereocenters. The van der Waals surface area contributed by atoms with Crippen molar-refractivity contribution in [1.29, 1.82) is 0 Å². The van der Waals surface area contributed by atoms with Crippen LogP contribution in [0.15, 0.2) is 34.9 Å². The summed E-state index contributed by atoms with van der Waals surface area (Å²) in [7, 11) is 0. The molecule has 2 aromatic rings. The Labute approximate surface area is 144 Å². The van der Waals surface area contributed by atoms with E-state index in [2.05, 4.69) is 10.5 Å². The fourth-order valence-electron chi connectivity index (χ4n) is 3.04. The summed E-state index contributed by atoms with van der Waals surface area (Å²) in [6.45, 7) is 1.99. The van der Waals surface area contributed by atoms with Crippen molar-refractivity contribution >= 4 is 17.7 Å². The van der Waals surface area contributed by atoms with Crippen LogP contribution < -0.4 is 5.32 Å². The van der Waals surface area contributed by atoms with E-state index in [0.717, 1.165) is 24.0 Å². The summed E-state index contributed by atoms with van der Waals surface area (Å²) in [6, 6.07) is 8.51. The zero-order valence-corrected chi connectivity index (χ0v) is 13.7. The molecule has 1 saturated heterocycles. The third-order valence-corrected chi connectivity index (χ3v) is 4.52. The van der Waals surface area contributed by atoms with Crippen molar-refractivity contribution in [2.24, 2.45) is 0 Å².